The average Bonchev–Trinajstić information content (AvgIpc) is 2.96. The molecule has 1 heterocycles. The van der Waals surface area contributed by atoms with Gasteiger partial charge in [0.25, 0.3) is 5.91 Å². The standard InChI is InChI=1S/C23H18N2O2/c1-17-16-22(26)25(23(17)27)21-14-12-20(13-15-21)24(18-8-4-2-5-9-18)19-10-6-3-7-11-19/h2-15H,1,16H2. The summed E-state index contributed by atoms with van der Waals surface area (Å²) in [4.78, 5) is 27.6. The van der Waals surface area contributed by atoms with Gasteiger partial charge in [0.1, 0.15) is 0 Å². The van der Waals surface area contributed by atoms with Crippen LogP contribution in [0, 0.1) is 0 Å². The molecule has 0 radical (unpaired) electrons. The molecule has 0 atom stereocenters. The molecule has 1 aliphatic rings. The molecule has 0 bridgehead atoms. The molecule has 2 amide bonds. The van der Waals surface area contributed by atoms with Crippen molar-refractivity contribution in [3.05, 3.63) is 97.1 Å². The van der Waals surface area contributed by atoms with Crippen LogP contribution in [0.1, 0.15) is 6.42 Å². The van der Waals surface area contributed by atoms with E-state index in [0.717, 1.165) is 17.1 Å². The number of nitrogens with zero attached hydrogens (tertiary/aromatic N) is 2. The van der Waals surface area contributed by atoms with E-state index >= 15 is 0 Å². The Bertz CT molecular complexity index is 956. The maximum Gasteiger partial charge on any atom is 0.260 e. The Labute approximate surface area is 158 Å². The molecule has 4 nitrogen and oxygen atoms in total. The first-order chi connectivity index (χ1) is 13.1. The molecule has 27 heavy (non-hydrogen) atoms. The number of carbonyl (C=O) groups is 2. The van der Waals surface area contributed by atoms with Gasteiger partial charge in [0, 0.05) is 22.6 Å². The quantitative estimate of drug-likeness (QED) is 0.490. The molecule has 0 saturated carbocycles. The van der Waals surface area contributed by atoms with E-state index in [-0.39, 0.29) is 18.2 Å². The van der Waals surface area contributed by atoms with Gasteiger partial charge < -0.3 is 4.90 Å². The molecule has 0 N–H and O–H groups in total. The number of benzene rings is 3. The highest BCUT2D eigenvalue weighted by Gasteiger charge is 2.33. The van der Waals surface area contributed by atoms with Crippen molar-refractivity contribution in [3.63, 3.8) is 0 Å². The zero-order chi connectivity index (χ0) is 18.8. The lowest BCUT2D eigenvalue weighted by atomic mass is 10.2. The van der Waals surface area contributed by atoms with Gasteiger partial charge in [-0.15, -0.1) is 0 Å². The number of anilines is 4. The second-order valence-electron chi connectivity index (χ2n) is 6.34. The Morgan fingerprint density at radius 2 is 1.19 bits per heavy atom. The second kappa shape index (κ2) is 6.92. The molecule has 0 aromatic heterocycles. The van der Waals surface area contributed by atoms with E-state index in [9.17, 15) is 9.59 Å². The Hall–Kier alpha value is -3.66. The van der Waals surface area contributed by atoms with Crippen LogP contribution in [0.25, 0.3) is 0 Å². The first-order valence-corrected chi connectivity index (χ1v) is 8.70. The monoisotopic (exact) mass is 354 g/mol. The van der Waals surface area contributed by atoms with Crippen LogP contribution in [0.15, 0.2) is 97.1 Å². The largest absolute Gasteiger partial charge is 0.311 e. The molecule has 1 aliphatic heterocycles. The maximum absolute atomic E-state index is 12.2. The van der Waals surface area contributed by atoms with Crippen LogP contribution in [0.4, 0.5) is 22.7 Å². The number of hydrogen-bond acceptors (Lipinski definition) is 3. The summed E-state index contributed by atoms with van der Waals surface area (Å²) in [5.41, 5.74) is 3.89. The number of amides is 2. The second-order valence-corrected chi connectivity index (χ2v) is 6.34. The van der Waals surface area contributed by atoms with Gasteiger partial charge in [0.05, 0.1) is 12.1 Å². The summed E-state index contributed by atoms with van der Waals surface area (Å²) in [5, 5.41) is 0. The summed E-state index contributed by atoms with van der Waals surface area (Å²) in [6.07, 6.45) is 0.0841. The van der Waals surface area contributed by atoms with Crippen molar-refractivity contribution in [2.24, 2.45) is 0 Å². The van der Waals surface area contributed by atoms with Gasteiger partial charge in [-0.05, 0) is 48.5 Å². The van der Waals surface area contributed by atoms with E-state index in [0.29, 0.717) is 11.3 Å². The highest BCUT2D eigenvalue weighted by atomic mass is 16.2. The van der Waals surface area contributed by atoms with E-state index < -0.39 is 0 Å². The van der Waals surface area contributed by atoms with Crippen molar-refractivity contribution in [1.29, 1.82) is 0 Å². The van der Waals surface area contributed by atoms with Gasteiger partial charge >= 0.3 is 0 Å². The minimum atomic E-state index is -0.323. The molecule has 0 spiro atoms. The van der Waals surface area contributed by atoms with Crippen LogP contribution in [-0.4, -0.2) is 11.8 Å². The Balaban J connectivity index is 1.73. The van der Waals surface area contributed by atoms with Crippen molar-refractivity contribution in [1.82, 2.24) is 0 Å². The third-order valence-corrected chi connectivity index (χ3v) is 4.51. The van der Waals surface area contributed by atoms with Gasteiger partial charge in [-0.1, -0.05) is 43.0 Å². The van der Waals surface area contributed by atoms with Gasteiger partial charge in [-0.25, -0.2) is 4.90 Å². The predicted molar refractivity (Wildman–Crippen MR) is 107 cm³/mol. The lowest BCUT2D eigenvalue weighted by Crippen LogP contribution is -2.28. The molecule has 3 aromatic rings. The lowest BCUT2D eigenvalue weighted by Gasteiger charge is -2.26. The zero-order valence-corrected chi connectivity index (χ0v) is 14.7. The van der Waals surface area contributed by atoms with Crippen LogP contribution >= 0.6 is 0 Å². The molecular formula is C23H18N2O2. The smallest absolute Gasteiger partial charge is 0.260 e. The Kier molecular flexibility index (Phi) is 4.30. The summed E-state index contributed by atoms with van der Waals surface area (Å²) in [6.45, 7) is 3.67. The normalized spacial score (nSPS) is 13.9. The van der Waals surface area contributed by atoms with Gasteiger partial charge in [0.2, 0.25) is 5.91 Å². The summed E-state index contributed by atoms with van der Waals surface area (Å²) in [6, 6.07) is 27.5. The fourth-order valence-electron chi connectivity index (χ4n) is 3.22. The molecule has 0 aliphatic carbocycles. The van der Waals surface area contributed by atoms with Crippen LogP contribution in [0.5, 0.6) is 0 Å². The molecule has 4 rings (SSSR count). The highest BCUT2D eigenvalue weighted by molar-refractivity contribution is 6.27. The van der Waals surface area contributed by atoms with E-state index in [1.165, 1.54) is 4.90 Å². The first-order valence-electron chi connectivity index (χ1n) is 8.70. The van der Waals surface area contributed by atoms with E-state index in [1.807, 2.05) is 72.8 Å². The third kappa shape index (κ3) is 3.13. The van der Waals surface area contributed by atoms with Crippen LogP contribution in [-0.2, 0) is 9.59 Å². The third-order valence-electron chi connectivity index (χ3n) is 4.51. The van der Waals surface area contributed by atoms with E-state index in [1.54, 1.807) is 12.1 Å². The summed E-state index contributed by atoms with van der Waals surface area (Å²) < 4.78 is 0. The highest BCUT2D eigenvalue weighted by Crippen LogP contribution is 2.35. The van der Waals surface area contributed by atoms with Gasteiger partial charge in [0.15, 0.2) is 0 Å². The Morgan fingerprint density at radius 1 is 0.704 bits per heavy atom. The van der Waals surface area contributed by atoms with Crippen molar-refractivity contribution >= 4 is 34.6 Å². The van der Waals surface area contributed by atoms with Crippen molar-refractivity contribution in [2.45, 2.75) is 6.42 Å². The summed E-state index contributed by atoms with van der Waals surface area (Å²) in [5.74, 6) is -0.559. The number of imide groups is 1. The Morgan fingerprint density at radius 3 is 1.63 bits per heavy atom. The fraction of sp³-hybridized carbons (Fsp3) is 0.0435. The SMILES string of the molecule is C=C1CC(=O)N(c2ccc(N(c3ccccc3)c3ccccc3)cc2)C1=O. The van der Waals surface area contributed by atoms with Crippen LogP contribution in [0.2, 0.25) is 0 Å². The molecular weight excluding hydrogens is 336 g/mol. The van der Waals surface area contributed by atoms with E-state index in [2.05, 4.69) is 11.5 Å². The van der Waals surface area contributed by atoms with Crippen molar-refractivity contribution < 1.29 is 9.59 Å². The van der Waals surface area contributed by atoms with E-state index in [4.69, 9.17) is 0 Å². The van der Waals surface area contributed by atoms with Gasteiger partial charge in [-0.3, -0.25) is 9.59 Å². The zero-order valence-electron chi connectivity index (χ0n) is 14.7. The molecule has 1 saturated heterocycles. The molecule has 1 fully saturated rings. The summed E-state index contributed by atoms with van der Waals surface area (Å²) in [7, 11) is 0. The fourth-order valence-corrected chi connectivity index (χ4v) is 3.22. The molecule has 3 aromatic carbocycles. The lowest BCUT2D eigenvalue weighted by molar-refractivity contribution is -0.120. The predicted octanol–water partition coefficient (Wildman–Crippen LogP) is 4.98. The number of para-hydroxylation sites is 2. The minimum absolute atomic E-state index is 0.0841. The van der Waals surface area contributed by atoms with Gasteiger partial charge in [-0.2, -0.15) is 0 Å². The molecule has 0 unspecified atom stereocenters. The van der Waals surface area contributed by atoms with Crippen molar-refractivity contribution in [2.75, 3.05) is 9.80 Å². The maximum atomic E-state index is 12.2. The van der Waals surface area contributed by atoms with Crippen LogP contribution < -0.4 is 9.80 Å². The minimum Gasteiger partial charge on any atom is -0.311 e. The number of hydrogen-bond donors (Lipinski definition) is 0. The first kappa shape index (κ1) is 16.8. The molecule has 132 valence electrons. The topological polar surface area (TPSA) is 40.6 Å². The number of rotatable bonds is 4. The van der Waals surface area contributed by atoms with Crippen LogP contribution in [0.3, 0.4) is 0 Å². The van der Waals surface area contributed by atoms with Crippen molar-refractivity contribution in [3.8, 4) is 0 Å². The summed E-state index contributed by atoms with van der Waals surface area (Å²) >= 11 is 0. The number of carbonyl (C=O) groups excluding carboxylic acids is 2. The molecule has 4 heteroatoms. The average molecular weight is 354 g/mol.